The summed E-state index contributed by atoms with van der Waals surface area (Å²) >= 11 is 3.14. The van der Waals surface area contributed by atoms with Crippen molar-refractivity contribution in [3.8, 4) is 0 Å². The van der Waals surface area contributed by atoms with Gasteiger partial charge in [0.2, 0.25) is 0 Å². The third-order valence-corrected chi connectivity index (χ3v) is 3.10. The number of nitrogens with zero attached hydrogens (tertiary/aromatic N) is 4. The van der Waals surface area contributed by atoms with Crippen LogP contribution in [0.4, 0.5) is 11.4 Å². The second kappa shape index (κ2) is 5.13. The Balaban J connectivity index is 2.13. The van der Waals surface area contributed by atoms with Crippen LogP contribution in [0, 0.1) is 10.1 Å². The number of nitro benzene ring substituents is 1. The average Bonchev–Trinajstić information content (AvgIpc) is 2.73. The molecule has 0 aliphatic rings. The number of nitrogens with one attached hydrogen (secondary N) is 1. The highest BCUT2D eigenvalue weighted by molar-refractivity contribution is 9.10. The maximum atomic E-state index is 10.8. The quantitative estimate of drug-likeness (QED) is 0.690. The molecular weight excluding hydrogens is 302 g/mol. The number of hydrogen-bond donors (Lipinski definition) is 1. The highest BCUT2D eigenvalue weighted by atomic mass is 79.9. The molecule has 2 aromatic rings. The minimum absolute atomic E-state index is 0.0307. The van der Waals surface area contributed by atoms with Gasteiger partial charge < -0.3 is 5.32 Å². The number of halogens is 1. The van der Waals surface area contributed by atoms with Crippen LogP contribution in [0.3, 0.4) is 0 Å². The van der Waals surface area contributed by atoms with E-state index < -0.39 is 4.92 Å². The second-order valence-corrected chi connectivity index (χ2v) is 4.48. The lowest BCUT2D eigenvalue weighted by Gasteiger charge is -2.06. The van der Waals surface area contributed by atoms with Crippen LogP contribution in [-0.4, -0.2) is 19.9 Å². The molecule has 7 nitrogen and oxygen atoms in total. The van der Waals surface area contributed by atoms with Gasteiger partial charge in [0.25, 0.3) is 5.69 Å². The Labute approximate surface area is 111 Å². The first-order chi connectivity index (χ1) is 8.58. The SMILES string of the molecule is Cn1nncc1CNc1ccc(Br)c([N+](=O)[O-])c1. The Kier molecular flexibility index (Phi) is 3.56. The van der Waals surface area contributed by atoms with E-state index in [0.717, 1.165) is 5.69 Å². The lowest BCUT2D eigenvalue weighted by atomic mass is 10.3. The molecule has 0 spiro atoms. The molecule has 0 radical (unpaired) electrons. The number of benzene rings is 1. The molecule has 0 aliphatic heterocycles. The molecule has 8 heteroatoms. The van der Waals surface area contributed by atoms with E-state index in [4.69, 9.17) is 0 Å². The van der Waals surface area contributed by atoms with E-state index in [1.165, 1.54) is 6.07 Å². The maximum absolute atomic E-state index is 10.8. The van der Waals surface area contributed by atoms with Crippen molar-refractivity contribution in [2.45, 2.75) is 6.54 Å². The number of anilines is 1. The van der Waals surface area contributed by atoms with Crippen LogP contribution in [-0.2, 0) is 13.6 Å². The molecule has 1 aromatic carbocycles. The predicted octanol–water partition coefficient (Wildman–Crippen LogP) is 2.10. The molecule has 0 bridgehead atoms. The zero-order chi connectivity index (χ0) is 13.1. The van der Waals surface area contributed by atoms with Crippen LogP contribution in [0.15, 0.2) is 28.9 Å². The van der Waals surface area contributed by atoms with E-state index in [1.807, 2.05) is 0 Å². The van der Waals surface area contributed by atoms with Crippen molar-refractivity contribution in [3.63, 3.8) is 0 Å². The van der Waals surface area contributed by atoms with Crippen LogP contribution in [0.5, 0.6) is 0 Å². The summed E-state index contributed by atoms with van der Waals surface area (Å²) < 4.78 is 2.10. The molecular formula is C10H10BrN5O2. The van der Waals surface area contributed by atoms with Gasteiger partial charge in [0, 0.05) is 18.8 Å². The maximum Gasteiger partial charge on any atom is 0.285 e. The zero-order valence-corrected chi connectivity index (χ0v) is 11.1. The predicted molar refractivity (Wildman–Crippen MR) is 69.1 cm³/mol. The van der Waals surface area contributed by atoms with Gasteiger partial charge in [-0.1, -0.05) is 5.21 Å². The topological polar surface area (TPSA) is 85.9 Å². The largest absolute Gasteiger partial charge is 0.379 e. The Bertz CT molecular complexity index is 583. The third-order valence-electron chi connectivity index (χ3n) is 2.42. The first-order valence-corrected chi connectivity index (χ1v) is 5.88. The smallest absolute Gasteiger partial charge is 0.285 e. The molecule has 0 saturated heterocycles. The molecule has 94 valence electrons. The molecule has 0 aliphatic carbocycles. The van der Waals surface area contributed by atoms with Crippen LogP contribution in [0.2, 0.25) is 0 Å². The van der Waals surface area contributed by atoms with E-state index in [9.17, 15) is 10.1 Å². The Morgan fingerprint density at radius 2 is 2.33 bits per heavy atom. The fourth-order valence-corrected chi connectivity index (χ4v) is 1.82. The van der Waals surface area contributed by atoms with Crippen molar-refractivity contribution in [3.05, 3.63) is 44.7 Å². The number of rotatable bonds is 4. The van der Waals surface area contributed by atoms with Crippen molar-refractivity contribution < 1.29 is 4.92 Å². The Morgan fingerprint density at radius 1 is 1.56 bits per heavy atom. The molecule has 0 unspecified atom stereocenters. The van der Waals surface area contributed by atoms with Crippen molar-refractivity contribution in [1.29, 1.82) is 0 Å². The van der Waals surface area contributed by atoms with Crippen molar-refractivity contribution in [1.82, 2.24) is 15.0 Å². The molecule has 0 amide bonds. The summed E-state index contributed by atoms with van der Waals surface area (Å²) in [5.41, 5.74) is 1.59. The summed E-state index contributed by atoms with van der Waals surface area (Å²) in [5, 5.41) is 21.4. The van der Waals surface area contributed by atoms with Gasteiger partial charge >= 0.3 is 0 Å². The summed E-state index contributed by atoms with van der Waals surface area (Å²) in [6.45, 7) is 0.502. The number of aryl methyl sites for hydroxylation is 1. The zero-order valence-electron chi connectivity index (χ0n) is 9.50. The minimum Gasteiger partial charge on any atom is -0.379 e. The summed E-state index contributed by atoms with van der Waals surface area (Å²) in [5.74, 6) is 0. The van der Waals surface area contributed by atoms with Crippen molar-refractivity contribution in [2.24, 2.45) is 7.05 Å². The van der Waals surface area contributed by atoms with Crippen LogP contribution >= 0.6 is 15.9 Å². The Hall–Kier alpha value is -1.96. The number of hydrogen-bond acceptors (Lipinski definition) is 5. The van der Waals surface area contributed by atoms with Gasteiger partial charge in [-0.2, -0.15) is 0 Å². The number of aromatic nitrogens is 3. The van der Waals surface area contributed by atoms with Crippen LogP contribution in [0.1, 0.15) is 5.69 Å². The summed E-state index contributed by atoms with van der Waals surface area (Å²) in [6.07, 6.45) is 1.64. The molecule has 0 saturated carbocycles. The molecule has 1 aromatic heterocycles. The summed E-state index contributed by atoms with van der Waals surface area (Å²) in [7, 11) is 1.79. The van der Waals surface area contributed by atoms with Gasteiger partial charge in [0.1, 0.15) is 0 Å². The Morgan fingerprint density at radius 3 is 2.94 bits per heavy atom. The fourth-order valence-electron chi connectivity index (χ4n) is 1.43. The summed E-state index contributed by atoms with van der Waals surface area (Å²) in [6, 6.07) is 4.89. The molecule has 0 atom stereocenters. The van der Waals surface area contributed by atoms with Gasteiger partial charge in [0.05, 0.1) is 27.8 Å². The fraction of sp³-hybridized carbons (Fsp3) is 0.200. The van der Waals surface area contributed by atoms with Gasteiger partial charge in [0.15, 0.2) is 0 Å². The lowest BCUT2D eigenvalue weighted by Crippen LogP contribution is -2.05. The second-order valence-electron chi connectivity index (χ2n) is 3.63. The molecule has 0 fully saturated rings. The standard InChI is InChI=1S/C10H10BrN5O2/c1-15-8(6-13-14-15)5-12-7-2-3-9(11)10(4-7)16(17)18/h2-4,6,12H,5H2,1H3. The third kappa shape index (κ3) is 2.65. The molecule has 1 N–H and O–H groups in total. The summed E-state index contributed by atoms with van der Waals surface area (Å²) in [4.78, 5) is 10.4. The van der Waals surface area contributed by atoms with E-state index in [2.05, 4.69) is 31.6 Å². The monoisotopic (exact) mass is 311 g/mol. The lowest BCUT2D eigenvalue weighted by molar-refractivity contribution is -0.385. The first-order valence-electron chi connectivity index (χ1n) is 5.09. The first kappa shape index (κ1) is 12.5. The highest BCUT2D eigenvalue weighted by Gasteiger charge is 2.12. The average molecular weight is 312 g/mol. The van der Waals surface area contributed by atoms with E-state index in [0.29, 0.717) is 16.7 Å². The van der Waals surface area contributed by atoms with E-state index in [1.54, 1.807) is 30.1 Å². The molecule has 18 heavy (non-hydrogen) atoms. The van der Waals surface area contributed by atoms with E-state index >= 15 is 0 Å². The van der Waals surface area contributed by atoms with Gasteiger partial charge in [-0.15, -0.1) is 5.10 Å². The van der Waals surface area contributed by atoms with Gasteiger partial charge in [-0.05, 0) is 28.1 Å². The van der Waals surface area contributed by atoms with Gasteiger partial charge in [-0.25, -0.2) is 0 Å². The van der Waals surface area contributed by atoms with Crippen molar-refractivity contribution in [2.75, 3.05) is 5.32 Å². The van der Waals surface area contributed by atoms with Crippen LogP contribution in [0.25, 0.3) is 0 Å². The minimum atomic E-state index is -0.430. The molecule has 1 heterocycles. The number of nitro groups is 1. The normalized spacial score (nSPS) is 10.3. The highest BCUT2D eigenvalue weighted by Crippen LogP contribution is 2.27. The van der Waals surface area contributed by atoms with Crippen molar-refractivity contribution >= 4 is 27.3 Å². The molecule has 2 rings (SSSR count). The van der Waals surface area contributed by atoms with E-state index in [-0.39, 0.29) is 5.69 Å². The van der Waals surface area contributed by atoms with Gasteiger partial charge in [-0.3, -0.25) is 14.8 Å². The van der Waals surface area contributed by atoms with Crippen LogP contribution < -0.4 is 5.32 Å².